The minimum atomic E-state index is -0.286. The molecule has 0 saturated heterocycles. The monoisotopic (exact) mass is 484 g/mol. The number of carbonyl (C=O) groups excluding carboxylic acids is 1. The van der Waals surface area contributed by atoms with E-state index < -0.39 is 0 Å². The molecule has 0 aliphatic heterocycles. The molecule has 3 aromatic carbocycles. The Morgan fingerprint density at radius 1 is 1.17 bits per heavy atom. The van der Waals surface area contributed by atoms with Gasteiger partial charge in [-0.25, -0.2) is 4.98 Å². The molecule has 0 fully saturated rings. The minimum absolute atomic E-state index is 0.286. The van der Waals surface area contributed by atoms with Gasteiger partial charge in [-0.15, -0.1) is 0 Å². The van der Waals surface area contributed by atoms with E-state index in [1.165, 1.54) is 0 Å². The number of nitrogens with one attached hydrogen (secondary N) is 1. The second-order valence-corrected chi connectivity index (χ2v) is 7.98. The third-order valence-corrected chi connectivity index (χ3v) is 5.45. The second-order valence-electron chi connectivity index (χ2n) is 6.72. The number of hydrogen-bond donors (Lipinski definition) is 1. The van der Waals surface area contributed by atoms with Crippen molar-refractivity contribution >= 4 is 50.2 Å². The zero-order chi connectivity index (χ0) is 21.3. The van der Waals surface area contributed by atoms with Crippen LogP contribution >= 0.6 is 27.5 Å². The van der Waals surface area contributed by atoms with Crippen molar-refractivity contribution < 1.29 is 13.9 Å². The van der Waals surface area contributed by atoms with Crippen molar-refractivity contribution in [2.24, 2.45) is 0 Å². The first-order valence-corrected chi connectivity index (χ1v) is 10.5. The topological polar surface area (TPSA) is 64.4 Å². The fraction of sp³-hybridized carbons (Fsp3) is 0.130. The van der Waals surface area contributed by atoms with Crippen LogP contribution in [-0.2, 0) is 0 Å². The number of benzene rings is 3. The van der Waals surface area contributed by atoms with E-state index >= 15 is 0 Å². The highest BCUT2D eigenvalue weighted by atomic mass is 79.9. The molecule has 0 spiro atoms. The first kappa shape index (κ1) is 20.4. The van der Waals surface area contributed by atoms with E-state index in [0.29, 0.717) is 44.6 Å². The van der Waals surface area contributed by atoms with Gasteiger partial charge in [0.25, 0.3) is 5.91 Å². The number of fused-ring (bicyclic) bond motifs is 1. The van der Waals surface area contributed by atoms with Crippen LogP contribution in [0.5, 0.6) is 5.75 Å². The van der Waals surface area contributed by atoms with E-state index in [2.05, 4.69) is 26.2 Å². The summed E-state index contributed by atoms with van der Waals surface area (Å²) in [5.74, 6) is 0.859. The lowest BCUT2D eigenvalue weighted by Gasteiger charge is -2.10. The molecule has 4 aromatic rings. The first-order chi connectivity index (χ1) is 14.4. The molecule has 30 heavy (non-hydrogen) atoms. The van der Waals surface area contributed by atoms with Crippen LogP contribution in [0.3, 0.4) is 0 Å². The molecule has 0 unspecified atom stereocenters. The summed E-state index contributed by atoms with van der Waals surface area (Å²) in [5.41, 5.74) is 4.26. The highest BCUT2D eigenvalue weighted by Crippen LogP contribution is 2.32. The van der Waals surface area contributed by atoms with Gasteiger partial charge in [-0.1, -0.05) is 17.7 Å². The molecule has 152 valence electrons. The molecule has 0 saturated carbocycles. The Balaban J connectivity index is 1.61. The minimum Gasteiger partial charge on any atom is -0.493 e. The Labute approximate surface area is 187 Å². The Morgan fingerprint density at radius 2 is 2.00 bits per heavy atom. The molecule has 1 heterocycles. The van der Waals surface area contributed by atoms with Crippen LogP contribution in [0.4, 0.5) is 5.69 Å². The molecule has 0 aliphatic carbocycles. The number of anilines is 1. The smallest absolute Gasteiger partial charge is 0.255 e. The molecule has 7 heteroatoms. The third-order valence-electron chi connectivity index (χ3n) is 4.50. The maximum Gasteiger partial charge on any atom is 0.255 e. The lowest BCUT2D eigenvalue weighted by Crippen LogP contribution is -2.12. The van der Waals surface area contributed by atoms with Crippen LogP contribution in [0.25, 0.3) is 22.6 Å². The predicted molar refractivity (Wildman–Crippen MR) is 122 cm³/mol. The number of rotatable bonds is 5. The maximum atomic E-state index is 12.7. The summed E-state index contributed by atoms with van der Waals surface area (Å²) >= 11 is 9.75. The lowest BCUT2D eigenvalue weighted by molar-refractivity contribution is 0.102. The normalized spacial score (nSPS) is 10.9. The number of carbonyl (C=O) groups is 1. The first-order valence-electron chi connectivity index (χ1n) is 9.35. The van der Waals surface area contributed by atoms with Crippen molar-refractivity contribution in [3.05, 3.63) is 75.2 Å². The molecule has 0 atom stereocenters. The van der Waals surface area contributed by atoms with E-state index in [4.69, 9.17) is 20.8 Å². The molecule has 4 rings (SSSR count). The average molecular weight is 486 g/mol. The lowest BCUT2D eigenvalue weighted by atomic mass is 10.1. The van der Waals surface area contributed by atoms with E-state index in [9.17, 15) is 4.79 Å². The van der Waals surface area contributed by atoms with Gasteiger partial charge in [0.2, 0.25) is 5.89 Å². The molecule has 1 amide bonds. The molecule has 1 N–H and O–H groups in total. The molecule has 5 nitrogen and oxygen atoms in total. The largest absolute Gasteiger partial charge is 0.493 e. The maximum absolute atomic E-state index is 12.7. The predicted octanol–water partition coefficient (Wildman–Crippen LogP) is 6.87. The van der Waals surface area contributed by atoms with E-state index in [-0.39, 0.29) is 5.91 Å². The van der Waals surface area contributed by atoms with Crippen molar-refractivity contribution in [2.45, 2.75) is 13.8 Å². The van der Waals surface area contributed by atoms with E-state index in [1.807, 2.05) is 38.1 Å². The zero-order valence-corrected chi connectivity index (χ0v) is 18.7. The second kappa shape index (κ2) is 8.50. The van der Waals surface area contributed by atoms with Crippen molar-refractivity contribution in [2.75, 3.05) is 11.9 Å². The summed E-state index contributed by atoms with van der Waals surface area (Å²) in [4.78, 5) is 17.3. The summed E-state index contributed by atoms with van der Waals surface area (Å²) in [7, 11) is 0. The number of aryl methyl sites for hydroxylation is 1. The SMILES string of the molecule is CCOc1ccc(C(=O)Nc2cc(-c3nc4cc(C)ccc4o3)ccc2Cl)cc1Br. The summed E-state index contributed by atoms with van der Waals surface area (Å²) in [5, 5.41) is 3.28. The molecule has 0 radical (unpaired) electrons. The van der Waals surface area contributed by atoms with Gasteiger partial charge in [0.15, 0.2) is 5.58 Å². The van der Waals surface area contributed by atoms with Gasteiger partial charge in [-0.05, 0) is 83.9 Å². The molecule has 1 aromatic heterocycles. The van der Waals surface area contributed by atoms with E-state index in [0.717, 1.165) is 16.6 Å². The third kappa shape index (κ3) is 4.20. The summed E-state index contributed by atoms with van der Waals surface area (Å²) in [6.07, 6.45) is 0. The Kier molecular flexibility index (Phi) is 5.79. The fourth-order valence-corrected chi connectivity index (χ4v) is 3.68. The number of aromatic nitrogens is 1. The van der Waals surface area contributed by atoms with Gasteiger partial charge in [0, 0.05) is 11.1 Å². The van der Waals surface area contributed by atoms with Gasteiger partial charge in [0.05, 0.1) is 21.8 Å². The molecular weight excluding hydrogens is 468 g/mol. The van der Waals surface area contributed by atoms with Gasteiger partial charge in [0.1, 0.15) is 11.3 Å². The van der Waals surface area contributed by atoms with Crippen LogP contribution in [0.1, 0.15) is 22.8 Å². The van der Waals surface area contributed by atoms with Crippen molar-refractivity contribution in [1.29, 1.82) is 0 Å². The van der Waals surface area contributed by atoms with Crippen molar-refractivity contribution in [3.8, 4) is 17.2 Å². The molecular formula is C23H18BrClN2O3. The molecule has 0 aliphatic rings. The quantitative estimate of drug-likeness (QED) is 0.335. The van der Waals surface area contributed by atoms with Crippen molar-refractivity contribution in [1.82, 2.24) is 4.98 Å². The summed E-state index contributed by atoms with van der Waals surface area (Å²) in [6.45, 7) is 4.45. The van der Waals surface area contributed by atoms with E-state index in [1.54, 1.807) is 30.3 Å². The van der Waals surface area contributed by atoms with Crippen LogP contribution in [0, 0.1) is 6.92 Å². The Bertz CT molecular complexity index is 1250. The molecule has 0 bridgehead atoms. The summed E-state index contributed by atoms with van der Waals surface area (Å²) < 4.78 is 12.1. The van der Waals surface area contributed by atoms with Crippen LogP contribution in [0.2, 0.25) is 5.02 Å². The number of hydrogen-bond acceptors (Lipinski definition) is 4. The van der Waals surface area contributed by atoms with Gasteiger partial charge in [-0.3, -0.25) is 4.79 Å². The summed E-state index contributed by atoms with van der Waals surface area (Å²) in [6, 6.07) is 16.3. The van der Waals surface area contributed by atoms with Crippen LogP contribution in [0.15, 0.2) is 63.5 Å². The van der Waals surface area contributed by atoms with Crippen LogP contribution in [-0.4, -0.2) is 17.5 Å². The average Bonchev–Trinajstić information content (AvgIpc) is 3.14. The number of ether oxygens (including phenoxy) is 1. The number of nitrogens with zero attached hydrogens (tertiary/aromatic N) is 1. The number of oxazole rings is 1. The number of amides is 1. The van der Waals surface area contributed by atoms with Gasteiger partial charge >= 0.3 is 0 Å². The van der Waals surface area contributed by atoms with Gasteiger partial charge < -0.3 is 14.5 Å². The van der Waals surface area contributed by atoms with Gasteiger partial charge in [-0.2, -0.15) is 0 Å². The Hall–Kier alpha value is -2.83. The van der Waals surface area contributed by atoms with Crippen molar-refractivity contribution in [3.63, 3.8) is 0 Å². The Morgan fingerprint density at radius 3 is 2.77 bits per heavy atom. The standard InChI is InChI=1S/C23H18BrClN2O3/c1-3-29-20-9-6-14(11-16(20)24)22(28)26-18-12-15(5-7-17(18)25)23-27-19-10-13(2)4-8-21(19)30-23/h4-12H,3H2,1-2H3,(H,26,28). The zero-order valence-electron chi connectivity index (χ0n) is 16.3. The van der Waals surface area contributed by atoms with Crippen LogP contribution < -0.4 is 10.1 Å². The number of halogens is 2. The fourth-order valence-electron chi connectivity index (χ4n) is 3.02. The highest BCUT2D eigenvalue weighted by Gasteiger charge is 2.14. The highest BCUT2D eigenvalue weighted by molar-refractivity contribution is 9.10.